The van der Waals surface area contributed by atoms with Gasteiger partial charge in [-0.1, -0.05) is 55.3 Å². The number of hydrogen-bond donors (Lipinski definition) is 2. The highest BCUT2D eigenvalue weighted by molar-refractivity contribution is 9.10. The van der Waals surface area contributed by atoms with Crippen molar-refractivity contribution in [3.8, 4) is 0 Å². The largest absolute Gasteiger partial charge is 0.453 e. The van der Waals surface area contributed by atoms with Crippen molar-refractivity contribution in [3.05, 3.63) is 40.5 Å². The lowest BCUT2D eigenvalue weighted by Gasteiger charge is -2.29. The Kier molecular flexibility index (Phi) is 15.2. The van der Waals surface area contributed by atoms with Crippen LogP contribution in [0.3, 0.4) is 0 Å². The minimum Gasteiger partial charge on any atom is -0.453 e. The van der Waals surface area contributed by atoms with E-state index in [0.29, 0.717) is 13.1 Å². The van der Waals surface area contributed by atoms with Crippen molar-refractivity contribution in [2.24, 2.45) is 4.99 Å². The zero-order valence-corrected chi connectivity index (χ0v) is 20.3. The maximum Gasteiger partial charge on any atom is 0.407 e. The molecule has 2 amide bonds. The first-order valence-corrected chi connectivity index (χ1v) is 10.9. The number of alkyl carbamates (subject to hydrolysis) is 1. The fourth-order valence-corrected chi connectivity index (χ4v) is 2.69. The summed E-state index contributed by atoms with van der Waals surface area (Å²) in [5.41, 5.74) is 1.66. The molecular weight excluding hydrogens is 448 g/mol. The summed E-state index contributed by atoms with van der Waals surface area (Å²) in [6.07, 6.45) is 3.24. The fraction of sp³-hybridized carbons (Fsp3) is 0.500. The number of benzene rings is 1. The molecule has 7 nitrogen and oxygen atoms in total. The standard InChI is InChI=1S/C19H27BrN4O3.C3H8/c1-5-10-24(18(25)13-23-19(26)27-4)14(2)11-22-12-17(21-3)15-6-8-16(20)9-7-15;1-3-2/h6-9,12,14,22H,3,5,10-11,13H2,1-2,4H3,(H,23,26);3H2,1-2H3/b17-12-;. The number of halogens is 1. The highest BCUT2D eigenvalue weighted by Gasteiger charge is 2.19. The number of rotatable bonds is 10. The molecule has 168 valence electrons. The molecule has 0 bridgehead atoms. The van der Waals surface area contributed by atoms with Crippen LogP contribution in [0, 0.1) is 0 Å². The lowest BCUT2D eigenvalue weighted by atomic mass is 10.2. The van der Waals surface area contributed by atoms with E-state index in [0.717, 1.165) is 22.2 Å². The number of ether oxygens (including phenoxy) is 1. The molecule has 2 N–H and O–H groups in total. The average molecular weight is 483 g/mol. The smallest absolute Gasteiger partial charge is 0.407 e. The van der Waals surface area contributed by atoms with Crippen molar-refractivity contribution >= 4 is 40.3 Å². The lowest BCUT2D eigenvalue weighted by molar-refractivity contribution is -0.132. The Morgan fingerprint density at radius 3 is 2.37 bits per heavy atom. The zero-order chi connectivity index (χ0) is 22.9. The number of methoxy groups -OCH3 is 1. The van der Waals surface area contributed by atoms with E-state index in [2.05, 4.69) is 56.9 Å². The van der Waals surface area contributed by atoms with E-state index in [1.165, 1.54) is 13.5 Å². The van der Waals surface area contributed by atoms with Crippen LogP contribution in [0.4, 0.5) is 4.79 Å². The number of carbonyl (C=O) groups excluding carboxylic acids is 2. The van der Waals surface area contributed by atoms with Gasteiger partial charge in [-0.25, -0.2) is 4.79 Å². The van der Waals surface area contributed by atoms with Gasteiger partial charge in [-0.15, -0.1) is 0 Å². The zero-order valence-electron chi connectivity index (χ0n) is 18.7. The molecule has 0 saturated carbocycles. The molecule has 1 aromatic carbocycles. The van der Waals surface area contributed by atoms with Crippen LogP contribution < -0.4 is 10.6 Å². The maximum atomic E-state index is 12.4. The van der Waals surface area contributed by atoms with E-state index < -0.39 is 6.09 Å². The average Bonchev–Trinajstić information content (AvgIpc) is 2.74. The van der Waals surface area contributed by atoms with Gasteiger partial charge in [0.1, 0.15) is 6.54 Å². The number of amides is 2. The third-order valence-electron chi connectivity index (χ3n) is 3.85. The molecule has 0 radical (unpaired) electrons. The molecule has 1 unspecified atom stereocenters. The van der Waals surface area contributed by atoms with Crippen molar-refractivity contribution in [2.75, 3.05) is 26.7 Å². The minimum absolute atomic E-state index is 0.0656. The van der Waals surface area contributed by atoms with E-state index in [9.17, 15) is 9.59 Å². The van der Waals surface area contributed by atoms with Gasteiger partial charge in [-0.3, -0.25) is 9.79 Å². The third-order valence-corrected chi connectivity index (χ3v) is 4.38. The molecule has 0 aliphatic carbocycles. The predicted octanol–water partition coefficient (Wildman–Crippen LogP) is 4.44. The number of carbonyl (C=O) groups is 2. The van der Waals surface area contributed by atoms with E-state index in [1.807, 2.05) is 38.1 Å². The van der Waals surface area contributed by atoms with E-state index in [4.69, 9.17) is 0 Å². The third kappa shape index (κ3) is 11.0. The molecular formula is C22H35BrN4O3. The van der Waals surface area contributed by atoms with Crippen molar-refractivity contribution in [1.29, 1.82) is 0 Å². The van der Waals surface area contributed by atoms with Gasteiger partial charge in [0.15, 0.2) is 0 Å². The fourth-order valence-electron chi connectivity index (χ4n) is 2.43. The summed E-state index contributed by atoms with van der Waals surface area (Å²) in [4.78, 5) is 29.3. The van der Waals surface area contributed by atoms with Gasteiger partial charge in [-0.2, -0.15) is 0 Å². The van der Waals surface area contributed by atoms with Crippen LogP contribution in [-0.4, -0.2) is 56.4 Å². The summed E-state index contributed by atoms with van der Waals surface area (Å²) in [7, 11) is 1.26. The van der Waals surface area contributed by atoms with Crippen LogP contribution in [0.2, 0.25) is 0 Å². The highest BCUT2D eigenvalue weighted by Crippen LogP contribution is 2.18. The molecule has 0 aliphatic rings. The summed E-state index contributed by atoms with van der Waals surface area (Å²) in [5.74, 6) is -0.157. The Balaban J connectivity index is 0.00000263. The lowest BCUT2D eigenvalue weighted by Crippen LogP contribution is -2.47. The van der Waals surface area contributed by atoms with Crippen molar-refractivity contribution < 1.29 is 14.3 Å². The van der Waals surface area contributed by atoms with Gasteiger partial charge in [0.05, 0.1) is 12.8 Å². The minimum atomic E-state index is -0.621. The van der Waals surface area contributed by atoms with Crippen molar-refractivity contribution in [1.82, 2.24) is 15.5 Å². The van der Waals surface area contributed by atoms with Gasteiger partial charge in [0.2, 0.25) is 5.91 Å². The Hall–Kier alpha value is -2.35. The molecule has 8 heteroatoms. The highest BCUT2D eigenvalue weighted by atomic mass is 79.9. The van der Waals surface area contributed by atoms with Crippen LogP contribution in [0.25, 0.3) is 5.70 Å². The van der Waals surface area contributed by atoms with Gasteiger partial charge >= 0.3 is 6.09 Å². The van der Waals surface area contributed by atoms with Gasteiger partial charge in [0, 0.05) is 35.4 Å². The van der Waals surface area contributed by atoms with Crippen LogP contribution >= 0.6 is 15.9 Å². The summed E-state index contributed by atoms with van der Waals surface area (Å²) in [6, 6.07) is 7.70. The SMILES string of the molecule is C=N/C(=C\NCC(C)N(CCC)C(=O)CNC(=O)OC)c1ccc(Br)cc1.CCC. The molecule has 0 saturated heterocycles. The summed E-state index contributed by atoms with van der Waals surface area (Å²) in [5, 5.41) is 5.63. The molecule has 30 heavy (non-hydrogen) atoms. The first-order valence-electron chi connectivity index (χ1n) is 10.1. The molecule has 0 aliphatic heterocycles. The van der Waals surface area contributed by atoms with E-state index >= 15 is 0 Å². The van der Waals surface area contributed by atoms with Crippen molar-refractivity contribution in [2.45, 2.75) is 46.6 Å². The van der Waals surface area contributed by atoms with Crippen LogP contribution in [0.1, 0.15) is 46.1 Å². The normalized spacial score (nSPS) is 11.5. The number of nitrogens with one attached hydrogen (secondary N) is 2. The van der Waals surface area contributed by atoms with Gasteiger partial charge < -0.3 is 20.3 Å². The molecule has 1 rings (SSSR count). The van der Waals surface area contributed by atoms with Crippen LogP contribution in [-0.2, 0) is 9.53 Å². The predicted molar refractivity (Wildman–Crippen MR) is 128 cm³/mol. The Morgan fingerprint density at radius 2 is 1.87 bits per heavy atom. The first-order chi connectivity index (χ1) is 14.3. The monoisotopic (exact) mass is 482 g/mol. The van der Waals surface area contributed by atoms with Crippen LogP contribution in [0.5, 0.6) is 0 Å². The summed E-state index contributed by atoms with van der Waals surface area (Å²) < 4.78 is 5.48. The maximum absolute atomic E-state index is 12.4. The number of aliphatic imine (C=N–C) groups is 1. The quantitative estimate of drug-likeness (QED) is 0.482. The van der Waals surface area contributed by atoms with E-state index in [-0.39, 0.29) is 18.5 Å². The molecule has 0 heterocycles. The topological polar surface area (TPSA) is 83.0 Å². The second kappa shape index (κ2) is 16.4. The van der Waals surface area contributed by atoms with Crippen LogP contribution in [0.15, 0.2) is 39.9 Å². The summed E-state index contributed by atoms with van der Waals surface area (Å²) >= 11 is 3.41. The molecule has 0 aromatic heterocycles. The Bertz CT molecular complexity index is 677. The number of hydrogen-bond acceptors (Lipinski definition) is 5. The molecule has 1 aromatic rings. The molecule has 0 fully saturated rings. The molecule has 1 atom stereocenters. The first kappa shape index (κ1) is 27.7. The Morgan fingerprint density at radius 1 is 1.27 bits per heavy atom. The second-order valence-electron chi connectivity index (χ2n) is 6.59. The van der Waals surface area contributed by atoms with E-state index in [1.54, 1.807) is 11.1 Å². The summed E-state index contributed by atoms with van der Waals surface area (Å²) in [6.45, 7) is 12.9. The Labute approximate surface area is 189 Å². The molecule has 0 spiro atoms. The van der Waals surface area contributed by atoms with Gasteiger partial charge in [-0.05, 0) is 32.2 Å². The van der Waals surface area contributed by atoms with Crippen molar-refractivity contribution in [3.63, 3.8) is 0 Å². The number of nitrogens with zero attached hydrogens (tertiary/aromatic N) is 2. The second-order valence-corrected chi connectivity index (χ2v) is 7.51. The van der Waals surface area contributed by atoms with Gasteiger partial charge in [0.25, 0.3) is 0 Å².